The van der Waals surface area contributed by atoms with Gasteiger partial charge in [0.2, 0.25) is 0 Å². The largest absolute Gasteiger partial charge is 0.394 e. The Bertz CT molecular complexity index is 190. The number of hydrogen-bond acceptors (Lipinski definition) is 7. The Labute approximate surface area is 92.8 Å². The summed E-state index contributed by atoms with van der Waals surface area (Å²) in [5, 5.41) is 37.2. The predicted octanol–water partition coefficient (Wildman–Crippen LogP) is -2.27. The van der Waals surface area contributed by atoms with E-state index >= 15 is 0 Å². The van der Waals surface area contributed by atoms with Crippen molar-refractivity contribution in [1.82, 2.24) is 0 Å². The summed E-state index contributed by atoms with van der Waals surface area (Å²) in [6.07, 6.45) is -6.04. The highest BCUT2D eigenvalue weighted by Gasteiger charge is 2.43. The van der Waals surface area contributed by atoms with Crippen molar-refractivity contribution in [3.63, 3.8) is 0 Å². The molecule has 5 atom stereocenters. The third kappa shape index (κ3) is 3.04. The highest BCUT2D eigenvalue weighted by Crippen LogP contribution is 2.21. The molecule has 1 rings (SSSR count). The van der Waals surface area contributed by atoms with Gasteiger partial charge in [-0.25, -0.2) is 0 Å². The van der Waals surface area contributed by atoms with E-state index in [0.29, 0.717) is 5.75 Å². The van der Waals surface area contributed by atoms with Crippen LogP contribution in [0.25, 0.3) is 0 Å². The van der Waals surface area contributed by atoms with Crippen LogP contribution in [0.3, 0.4) is 0 Å². The molecule has 1 saturated heterocycles. The van der Waals surface area contributed by atoms with Gasteiger partial charge in [-0.1, -0.05) is 0 Å². The minimum Gasteiger partial charge on any atom is -0.394 e. The molecular weight excluding hydrogens is 224 g/mol. The van der Waals surface area contributed by atoms with Gasteiger partial charge in [0.15, 0.2) is 6.29 Å². The number of rotatable bonds is 4. The van der Waals surface area contributed by atoms with Crippen LogP contribution in [0.1, 0.15) is 0 Å². The van der Waals surface area contributed by atoms with Crippen LogP contribution in [-0.2, 0) is 9.47 Å². The molecule has 1 aliphatic heterocycles. The van der Waals surface area contributed by atoms with Crippen molar-refractivity contribution in [3.8, 4) is 0 Å². The van der Waals surface area contributed by atoms with Gasteiger partial charge in [0.1, 0.15) is 24.4 Å². The molecule has 1 aliphatic rings. The number of thiol groups is 1. The second-order valence-electron chi connectivity index (χ2n) is 3.29. The number of aliphatic hydroxyl groups excluding tert-OH is 4. The van der Waals surface area contributed by atoms with Gasteiger partial charge >= 0.3 is 0 Å². The lowest BCUT2D eigenvalue weighted by molar-refractivity contribution is -0.299. The highest BCUT2D eigenvalue weighted by atomic mass is 32.1. The van der Waals surface area contributed by atoms with Gasteiger partial charge in [-0.05, 0) is 0 Å². The lowest BCUT2D eigenvalue weighted by Gasteiger charge is -2.39. The fourth-order valence-corrected chi connectivity index (χ4v) is 1.48. The van der Waals surface area contributed by atoms with Crippen molar-refractivity contribution in [2.24, 2.45) is 0 Å². The molecule has 0 bridgehead atoms. The summed E-state index contributed by atoms with van der Waals surface area (Å²) in [5.41, 5.74) is 0. The van der Waals surface area contributed by atoms with Crippen LogP contribution in [0.5, 0.6) is 0 Å². The lowest BCUT2D eigenvalue weighted by Crippen LogP contribution is -2.59. The fraction of sp³-hybridized carbons (Fsp3) is 1.00. The zero-order valence-electron chi connectivity index (χ0n) is 8.06. The molecule has 4 N–H and O–H groups in total. The average molecular weight is 240 g/mol. The highest BCUT2D eigenvalue weighted by molar-refractivity contribution is 7.80. The molecule has 1 fully saturated rings. The van der Waals surface area contributed by atoms with Crippen LogP contribution in [0.4, 0.5) is 0 Å². The molecule has 0 aromatic rings. The molecule has 0 radical (unpaired) electrons. The molecule has 7 heteroatoms. The maximum absolute atomic E-state index is 9.48. The van der Waals surface area contributed by atoms with E-state index in [0.717, 1.165) is 0 Å². The summed E-state index contributed by atoms with van der Waals surface area (Å²) in [5.74, 6) is 0.440. The van der Waals surface area contributed by atoms with E-state index in [1.54, 1.807) is 0 Å². The molecule has 0 spiro atoms. The molecular formula is C8H16O6S. The van der Waals surface area contributed by atoms with Crippen molar-refractivity contribution in [3.05, 3.63) is 0 Å². The summed E-state index contributed by atoms with van der Waals surface area (Å²) < 4.78 is 10.1. The molecule has 3 unspecified atom stereocenters. The van der Waals surface area contributed by atoms with Crippen LogP contribution >= 0.6 is 12.6 Å². The Balaban J connectivity index is 2.57. The molecule has 0 saturated carbocycles. The van der Waals surface area contributed by atoms with Gasteiger partial charge < -0.3 is 29.9 Å². The van der Waals surface area contributed by atoms with E-state index < -0.39 is 37.3 Å². The topological polar surface area (TPSA) is 99.4 Å². The van der Waals surface area contributed by atoms with Gasteiger partial charge in [0.05, 0.1) is 13.2 Å². The van der Waals surface area contributed by atoms with Crippen molar-refractivity contribution in [2.75, 3.05) is 19.0 Å². The Kier molecular flexibility index (Phi) is 5.27. The van der Waals surface area contributed by atoms with E-state index in [4.69, 9.17) is 14.6 Å². The second-order valence-corrected chi connectivity index (χ2v) is 3.74. The summed E-state index contributed by atoms with van der Waals surface area (Å²) in [7, 11) is 0. The van der Waals surface area contributed by atoms with Crippen LogP contribution in [0, 0.1) is 0 Å². The maximum atomic E-state index is 9.48. The average Bonchev–Trinajstić information content (AvgIpc) is 2.25. The van der Waals surface area contributed by atoms with Gasteiger partial charge in [-0.2, -0.15) is 12.6 Å². The second kappa shape index (κ2) is 6.00. The van der Waals surface area contributed by atoms with E-state index in [9.17, 15) is 15.3 Å². The van der Waals surface area contributed by atoms with Gasteiger partial charge in [0, 0.05) is 5.75 Å². The minimum atomic E-state index is -1.39. The molecule has 0 aliphatic carbocycles. The quantitative estimate of drug-likeness (QED) is 0.355. The van der Waals surface area contributed by atoms with E-state index in [1.165, 1.54) is 0 Å². The summed E-state index contributed by atoms with van der Waals surface area (Å²) in [6, 6.07) is 0. The monoisotopic (exact) mass is 240 g/mol. The zero-order chi connectivity index (χ0) is 11.4. The maximum Gasteiger partial charge on any atom is 0.186 e. The molecule has 0 aromatic heterocycles. The molecule has 1 heterocycles. The molecule has 15 heavy (non-hydrogen) atoms. The first-order valence-corrected chi connectivity index (χ1v) is 5.28. The van der Waals surface area contributed by atoms with Gasteiger partial charge in [-0.3, -0.25) is 0 Å². The molecule has 6 nitrogen and oxygen atoms in total. The number of hydrogen-bond donors (Lipinski definition) is 5. The van der Waals surface area contributed by atoms with Crippen molar-refractivity contribution >= 4 is 12.6 Å². The SMILES string of the molecule is OCC1O[C@H](OCCS)C(O)[C@@H](O)C1O. The third-order valence-electron chi connectivity index (χ3n) is 2.22. The standard InChI is InChI=1S/C8H16O6S/c9-3-4-5(10)6(11)7(12)8(14-4)13-1-2-15/h4-12,15H,1-3H2/t4?,5?,6-,7?,8-/m0/s1. The smallest absolute Gasteiger partial charge is 0.186 e. The van der Waals surface area contributed by atoms with Crippen molar-refractivity contribution in [1.29, 1.82) is 0 Å². The first-order valence-electron chi connectivity index (χ1n) is 4.64. The first kappa shape index (κ1) is 13.2. The number of aliphatic hydroxyl groups is 4. The Morgan fingerprint density at radius 2 is 1.80 bits per heavy atom. The minimum absolute atomic E-state index is 0.242. The van der Waals surface area contributed by atoms with Crippen LogP contribution in [0.15, 0.2) is 0 Å². The fourth-order valence-electron chi connectivity index (χ4n) is 1.37. The lowest BCUT2D eigenvalue weighted by atomic mass is 9.99. The van der Waals surface area contributed by atoms with E-state index in [2.05, 4.69) is 12.6 Å². The van der Waals surface area contributed by atoms with Gasteiger partial charge in [0.25, 0.3) is 0 Å². The zero-order valence-corrected chi connectivity index (χ0v) is 8.96. The van der Waals surface area contributed by atoms with Crippen molar-refractivity contribution < 1.29 is 29.9 Å². The van der Waals surface area contributed by atoms with Crippen molar-refractivity contribution in [2.45, 2.75) is 30.7 Å². The van der Waals surface area contributed by atoms with Gasteiger partial charge in [-0.15, -0.1) is 0 Å². The summed E-state index contributed by atoms with van der Waals surface area (Å²) in [4.78, 5) is 0. The van der Waals surface area contributed by atoms with E-state index in [1.807, 2.05) is 0 Å². The Morgan fingerprint density at radius 1 is 1.13 bits per heavy atom. The van der Waals surface area contributed by atoms with Crippen LogP contribution in [0.2, 0.25) is 0 Å². The third-order valence-corrected chi connectivity index (χ3v) is 2.40. The normalized spacial score (nSPS) is 41.8. The van der Waals surface area contributed by atoms with Crippen LogP contribution in [-0.4, -0.2) is 70.1 Å². The summed E-state index contributed by atoms with van der Waals surface area (Å²) in [6.45, 7) is -0.211. The summed E-state index contributed by atoms with van der Waals surface area (Å²) >= 11 is 3.91. The van der Waals surface area contributed by atoms with Crippen LogP contribution < -0.4 is 0 Å². The van der Waals surface area contributed by atoms with E-state index in [-0.39, 0.29) is 6.61 Å². The number of ether oxygens (including phenoxy) is 2. The molecule has 90 valence electrons. The Hall–Kier alpha value is 0.110. The molecule has 0 aromatic carbocycles. The first-order chi connectivity index (χ1) is 7.11. The predicted molar refractivity (Wildman–Crippen MR) is 53.6 cm³/mol. The Morgan fingerprint density at radius 3 is 2.33 bits per heavy atom. The molecule has 0 amide bonds.